The molecule has 2 rings (SSSR count). The van der Waals surface area contributed by atoms with E-state index in [-0.39, 0.29) is 0 Å². The van der Waals surface area contributed by atoms with Gasteiger partial charge in [-0.3, -0.25) is 4.98 Å². The number of nitrogen functional groups attached to an aromatic ring is 1. The smallest absolute Gasteiger partial charge is 0.110 e. The van der Waals surface area contributed by atoms with Gasteiger partial charge in [-0.25, -0.2) is 0 Å². The second-order valence-corrected chi connectivity index (χ2v) is 4.50. The fourth-order valence-electron chi connectivity index (χ4n) is 1.87. The summed E-state index contributed by atoms with van der Waals surface area (Å²) in [5.41, 5.74) is 7.29. The highest BCUT2D eigenvalue weighted by Gasteiger charge is 2.18. The van der Waals surface area contributed by atoms with E-state index >= 15 is 0 Å². The molecule has 0 spiro atoms. The number of anilines is 1. The number of hydrogen-bond acceptors (Lipinski definition) is 4. The Bertz CT molecular complexity index is 393. The summed E-state index contributed by atoms with van der Waals surface area (Å²) in [6.07, 6.45) is 3.40. The van der Waals surface area contributed by atoms with E-state index in [1.165, 1.54) is 0 Å². The Balaban J connectivity index is 2.12. The molecule has 5 heteroatoms. The SMILES string of the molecule is CC1CN(C(=S)c2cncc(N)c2)CCN1. The molecule has 0 aliphatic carbocycles. The molecular formula is C11H16N4S. The maximum atomic E-state index is 5.70. The third-order valence-electron chi connectivity index (χ3n) is 2.66. The third kappa shape index (κ3) is 2.48. The first kappa shape index (κ1) is 11.3. The van der Waals surface area contributed by atoms with Crippen molar-refractivity contribution in [3.63, 3.8) is 0 Å². The van der Waals surface area contributed by atoms with Crippen LogP contribution < -0.4 is 11.1 Å². The van der Waals surface area contributed by atoms with E-state index in [0.717, 1.165) is 30.2 Å². The molecule has 4 nitrogen and oxygen atoms in total. The Morgan fingerprint density at radius 2 is 2.44 bits per heavy atom. The van der Waals surface area contributed by atoms with Crippen molar-refractivity contribution >= 4 is 22.9 Å². The summed E-state index contributed by atoms with van der Waals surface area (Å²) < 4.78 is 0. The van der Waals surface area contributed by atoms with Crippen LogP contribution in [0.15, 0.2) is 18.5 Å². The van der Waals surface area contributed by atoms with Gasteiger partial charge in [-0.2, -0.15) is 0 Å². The molecule has 2 heterocycles. The minimum atomic E-state index is 0.473. The van der Waals surface area contributed by atoms with Crippen molar-refractivity contribution in [1.82, 2.24) is 15.2 Å². The van der Waals surface area contributed by atoms with E-state index in [9.17, 15) is 0 Å². The van der Waals surface area contributed by atoms with Crippen molar-refractivity contribution in [3.05, 3.63) is 24.0 Å². The highest BCUT2D eigenvalue weighted by atomic mass is 32.1. The Morgan fingerprint density at radius 3 is 3.12 bits per heavy atom. The summed E-state index contributed by atoms with van der Waals surface area (Å²) in [5.74, 6) is 0. The first-order chi connectivity index (χ1) is 7.66. The fraction of sp³-hybridized carbons (Fsp3) is 0.455. The second-order valence-electron chi connectivity index (χ2n) is 4.11. The number of nitrogens with zero attached hydrogens (tertiary/aromatic N) is 2. The molecule has 1 aliphatic heterocycles. The Morgan fingerprint density at radius 1 is 1.62 bits per heavy atom. The van der Waals surface area contributed by atoms with Crippen LogP contribution in [0, 0.1) is 0 Å². The summed E-state index contributed by atoms with van der Waals surface area (Å²) in [7, 11) is 0. The van der Waals surface area contributed by atoms with Crippen LogP contribution in [-0.4, -0.2) is 40.5 Å². The van der Waals surface area contributed by atoms with Gasteiger partial charge in [0.05, 0.1) is 5.69 Å². The van der Waals surface area contributed by atoms with E-state index in [1.54, 1.807) is 12.4 Å². The van der Waals surface area contributed by atoms with Crippen LogP contribution in [0.3, 0.4) is 0 Å². The van der Waals surface area contributed by atoms with Crippen molar-refractivity contribution in [2.45, 2.75) is 13.0 Å². The van der Waals surface area contributed by atoms with Crippen molar-refractivity contribution in [2.75, 3.05) is 25.4 Å². The topological polar surface area (TPSA) is 54.2 Å². The molecule has 0 amide bonds. The third-order valence-corrected chi connectivity index (χ3v) is 3.16. The average Bonchev–Trinajstić information content (AvgIpc) is 2.28. The molecule has 86 valence electrons. The summed E-state index contributed by atoms with van der Waals surface area (Å²) in [6, 6.07) is 2.35. The van der Waals surface area contributed by atoms with Crippen molar-refractivity contribution in [2.24, 2.45) is 0 Å². The number of aromatic nitrogens is 1. The molecule has 1 aromatic heterocycles. The average molecular weight is 236 g/mol. The van der Waals surface area contributed by atoms with Gasteiger partial charge in [0.2, 0.25) is 0 Å². The van der Waals surface area contributed by atoms with Crippen LogP contribution in [-0.2, 0) is 0 Å². The molecule has 16 heavy (non-hydrogen) atoms. The van der Waals surface area contributed by atoms with Crippen LogP contribution >= 0.6 is 12.2 Å². The lowest BCUT2D eigenvalue weighted by Crippen LogP contribution is -2.51. The lowest BCUT2D eigenvalue weighted by Gasteiger charge is -2.33. The molecule has 1 fully saturated rings. The predicted molar refractivity (Wildman–Crippen MR) is 69.4 cm³/mol. The normalized spacial score (nSPS) is 20.8. The number of pyridine rings is 1. The Labute approximate surface area is 101 Å². The van der Waals surface area contributed by atoms with Crippen molar-refractivity contribution in [3.8, 4) is 0 Å². The van der Waals surface area contributed by atoms with Gasteiger partial charge in [0.15, 0.2) is 0 Å². The van der Waals surface area contributed by atoms with E-state index in [1.807, 2.05) is 6.07 Å². The standard InChI is InChI=1S/C11H16N4S/c1-8-7-15(3-2-14-8)11(16)9-4-10(12)6-13-5-9/h4-6,8,14H,2-3,7,12H2,1H3. The summed E-state index contributed by atoms with van der Waals surface area (Å²) >= 11 is 5.46. The minimum Gasteiger partial charge on any atom is -0.397 e. The zero-order chi connectivity index (χ0) is 11.5. The van der Waals surface area contributed by atoms with Crippen LogP contribution in [0.25, 0.3) is 0 Å². The molecule has 3 N–H and O–H groups in total. The molecular weight excluding hydrogens is 220 g/mol. The molecule has 1 atom stereocenters. The van der Waals surface area contributed by atoms with Gasteiger partial charge in [0.1, 0.15) is 4.99 Å². The number of nitrogens with two attached hydrogens (primary N) is 1. The van der Waals surface area contributed by atoms with Crippen molar-refractivity contribution in [1.29, 1.82) is 0 Å². The zero-order valence-corrected chi connectivity index (χ0v) is 10.1. The van der Waals surface area contributed by atoms with Crippen LogP contribution in [0.5, 0.6) is 0 Å². The highest BCUT2D eigenvalue weighted by molar-refractivity contribution is 7.80. The van der Waals surface area contributed by atoms with E-state index < -0.39 is 0 Å². The zero-order valence-electron chi connectivity index (χ0n) is 9.31. The highest BCUT2D eigenvalue weighted by Crippen LogP contribution is 2.10. The van der Waals surface area contributed by atoms with E-state index in [2.05, 4.69) is 22.1 Å². The number of thiocarbonyl (C=S) groups is 1. The first-order valence-electron chi connectivity index (χ1n) is 5.40. The Hall–Kier alpha value is -1.20. The van der Waals surface area contributed by atoms with Gasteiger partial charge < -0.3 is 16.0 Å². The maximum Gasteiger partial charge on any atom is 0.110 e. The summed E-state index contributed by atoms with van der Waals surface area (Å²) in [5, 5.41) is 3.39. The number of hydrogen-bond donors (Lipinski definition) is 2. The monoisotopic (exact) mass is 236 g/mol. The van der Waals surface area contributed by atoms with Crippen molar-refractivity contribution < 1.29 is 0 Å². The molecule has 0 radical (unpaired) electrons. The number of piperazine rings is 1. The lowest BCUT2D eigenvalue weighted by molar-refractivity contribution is 0.308. The molecule has 1 unspecified atom stereocenters. The predicted octanol–water partition coefficient (Wildman–Crippen LogP) is 0.633. The fourth-order valence-corrected chi connectivity index (χ4v) is 2.15. The van der Waals surface area contributed by atoms with Gasteiger partial charge >= 0.3 is 0 Å². The van der Waals surface area contributed by atoms with E-state index in [0.29, 0.717) is 11.7 Å². The summed E-state index contributed by atoms with van der Waals surface area (Å²) in [4.78, 5) is 7.11. The molecule has 0 saturated carbocycles. The van der Waals surface area contributed by atoms with Gasteiger partial charge in [0.25, 0.3) is 0 Å². The largest absolute Gasteiger partial charge is 0.397 e. The number of nitrogens with one attached hydrogen (secondary N) is 1. The quantitative estimate of drug-likeness (QED) is 0.701. The minimum absolute atomic E-state index is 0.473. The summed E-state index contributed by atoms with van der Waals surface area (Å²) in [6.45, 7) is 5.01. The Kier molecular flexibility index (Phi) is 3.36. The van der Waals surface area contributed by atoms with Crippen LogP contribution in [0.1, 0.15) is 12.5 Å². The van der Waals surface area contributed by atoms with Crippen LogP contribution in [0.4, 0.5) is 5.69 Å². The number of rotatable bonds is 1. The molecule has 0 bridgehead atoms. The van der Waals surface area contributed by atoms with Gasteiger partial charge in [0, 0.05) is 43.6 Å². The van der Waals surface area contributed by atoms with Crippen LogP contribution in [0.2, 0.25) is 0 Å². The van der Waals surface area contributed by atoms with Gasteiger partial charge in [-0.05, 0) is 13.0 Å². The second kappa shape index (κ2) is 4.76. The maximum absolute atomic E-state index is 5.70. The first-order valence-corrected chi connectivity index (χ1v) is 5.81. The van der Waals surface area contributed by atoms with Gasteiger partial charge in [-0.1, -0.05) is 12.2 Å². The molecule has 1 aromatic rings. The van der Waals surface area contributed by atoms with E-state index in [4.69, 9.17) is 18.0 Å². The molecule has 1 saturated heterocycles. The lowest BCUT2D eigenvalue weighted by atomic mass is 10.2. The molecule has 1 aliphatic rings. The van der Waals surface area contributed by atoms with Gasteiger partial charge in [-0.15, -0.1) is 0 Å². The molecule has 0 aromatic carbocycles.